The Morgan fingerprint density at radius 1 is 1.10 bits per heavy atom. The van der Waals surface area contributed by atoms with Gasteiger partial charge in [0.15, 0.2) is 0 Å². The molecule has 1 rings (SSSR count). The topological polar surface area (TPSA) is 111 Å². The van der Waals surface area contributed by atoms with Crippen LogP contribution in [0.5, 0.6) is 0 Å². The summed E-state index contributed by atoms with van der Waals surface area (Å²) in [5.41, 5.74) is -0.289. The van der Waals surface area contributed by atoms with Gasteiger partial charge in [0, 0.05) is 33.7 Å². The summed E-state index contributed by atoms with van der Waals surface area (Å²) in [5, 5.41) is 16.8. The zero-order valence-electron chi connectivity index (χ0n) is 12.6. The summed E-state index contributed by atoms with van der Waals surface area (Å²) in [5.74, 6) is -0.830. The van der Waals surface area contributed by atoms with E-state index in [4.69, 9.17) is 5.11 Å². The van der Waals surface area contributed by atoms with E-state index in [1.807, 2.05) is 0 Å². The molecular formula is C13H24N4O4. The molecule has 0 aromatic rings. The first-order valence-corrected chi connectivity index (χ1v) is 7.03. The van der Waals surface area contributed by atoms with Crippen LogP contribution in [0.25, 0.3) is 0 Å². The molecule has 4 amide bonds. The Kier molecular flexibility index (Phi) is 6.26. The highest BCUT2D eigenvalue weighted by molar-refractivity contribution is 5.75. The standard InChI is InChI=1S/C13H24N4O4/c1-17(2)12(21)15-7-6-14-11(20)16-9-13(4-3-5-13)8-10(18)19/h3-9H2,1-2H3,(H,15,21)(H,18,19)(H2,14,16,20). The Morgan fingerprint density at radius 3 is 2.19 bits per heavy atom. The number of urea groups is 2. The quantitative estimate of drug-likeness (QED) is 0.503. The summed E-state index contributed by atoms with van der Waals surface area (Å²) < 4.78 is 0. The van der Waals surface area contributed by atoms with Crippen molar-refractivity contribution in [1.29, 1.82) is 0 Å². The fourth-order valence-corrected chi connectivity index (χ4v) is 2.25. The van der Waals surface area contributed by atoms with Crippen molar-refractivity contribution in [3.05, 3.63) is 0 Å². The Morgan fingerprint density at radius 2 is 1.71 bits per heavy atom. The molecule has 1 aliphatic rings. The van der Waals surface area contributed by atoms with Crippen molar-refractivity contribution in [3.8, 4) is 0 Å². The van der Waals surface area contributed by atoms with Crippen molar-refractivity contribution in [2.24, 2.45) is 5.41 Å². The van der Waals surface area contributed by atoms with Crippen LogP contribution in [0, 0.1) is 5.41 Å². The Hall–Kier alpha value is -1.99. The van der Waals surface area contributed by atoms with Crippen molar-refractivity contribution in [2.75, 3.05) is 33.7 Å². The SMILES string of the molecule is CN(C)C(=O)NCCNC(=O)NCC1(CC(=O)O)CCC1. The van der Waals surface area contributed by atoms with Crippen molar-refractivity contribution in [1.82, 2.24) is 20.9 Å². The summed E-state index contributed by atoms with van der Waals surface area (Å²) in [6, 6.07) is -0.558. The van der Waals surface area contributed by atoms with Crippen molar-refractivity contribution >= 4 is 18.0 Å². The number of hydrogen-bond acceptors (Lipinski definition) is 3. The van der Waals surface area contributed by atoms with E-state index >= 15 is 0 Å². The molecule has 4 N–H and O–H groups in total. The molecule has 0 atom stereocenters. The molecule has 21 heavy (non-hydrogen) atoms. The zero-order chi connectivity index (χ0) is 15.9. The zero-order valence-corrected chi connectivity index (χ0v) is 12.6. The fourth-order valence-electron chi connectivity index (χ4n) is 2.25. The van der Waals surface area contributed by atoms with E-state index < -0.39 is 5.97 Å². The lowest BCUT2D eigenvalue weighted by molar-refractivity contribution is -0.141. The van der Waals surface area contributed by atoms with Crippen LogP contribution in [0.4, 0.5) is 9.59 Å². The van der Waals surface area contributed by atoms with Crippen molar-refractivity contribution in [3.63, 3.8) is 0 Å². The molecule has 8 nitrogen and oxygen atoms in total. The van der Waals surface area contributed by atoms with Gasteiger partial charge in [-0.3, -0.25) is 4.79 Å². The second-order valence-corrected chi connectivity index (χ2v) is 5.66. The first-order valence-electron chi connectivity index (χ1n) is 7.03. The molecule has 0 saturated heterocycles. The van der Waals surface area contributed by atoms with E-state index in [1.54, 1.807) is 14.1 Å². The third kappa shape index (κ3) is 5.88. The molecule has 0 aromatic carbocycles. The Balaban J connectivity index is 2.16. The van der Waals surface area contributed by atoms with E-state index in [9.17, 15) is 14.4 Å². The fraction of sp³-hybridized carbons (Fsp3) is 0.769. The first-order chi connectivity index (χ1) is 9.84. The summed E-state index contributed by atoms with van der Waals surface area (Å²) in [6.45, 7) is 1.03. The number of carboxylic acid groups (broad SMARTS) is 1. The van der Waals surface area contributed by atoms with E-state index in [2.05, 4.69) is 16.0 Å². The smallest absolute Gasteiger partial charge is 0.316 e. The lowest BCUT2D eigenvalue weighted by atomic mass is 9.66. The van der Waals surface area contributed by atoms with Gasteiger partial charge in [0.1, 0.15) is 0 Å². The van der Waals surface area contributed by atoms with Gasteiger partial charge in [-0.2, -0.15) is 0 Å². The minimum atomic E-state index is -0.830. The molecule has 0 heterocycles. The molecule has 0 radical (unpaired) electrons. The molecule has 120 valence electrons. The van der Waals surface area contributed by atoms with E-state index in [1.165, 1.54) is 4.90 Å². The molecule has 1 fully saturated rings. The third-order valence-corrected chi connectivity index (χ3v) is 3.66. The summed E-state index contributed by atoms with van der Waals surface area (Å²) in [4.78, 5) is 35.0. The maximum absolute atomic E-state index is 11.6. The molecule has 0 aliphatic heterocycles. The predicted molar refractivity (Wildman–Crippen MR) is 77.0 cm³/mol. The number of hydrogen-bond donors (Lipinski definition) is 4. The summed E-state index contributed by atoms with van der Waals surface area (Å²) >= 11 is 0. The molecular weight excluding hydrogens is 276 g/mol. The lowest BCUT2D eigenvalue weighted by Gasteiger charge is -2.40. The number of nitrogens with one attached hydrogen (secondary N) is 3. The maximum Gasteiger partial charge on any atom is 0.316 e. The van der Waals surface area contributed by atoms with Crippen molar-refractivity contribution in [2.45, 2.75) is 25.7 Å². The van der Waals surface area contributed by atoms with E-state index in [-0.39, 0.29) is 23.9 Å². The molecule has 0 unspecified atom stereocenters. The van der Waals surface area contributed by atoms with Crippen LogP contribution < -0.4 is 16.0 Å². The highest BCUT2D eigenvalue weighted by Gasteiger charge is 2.39. The third-order valence-electron chi connectivity index (χ3n) is 3.66. The van der Waals surface area contributed by atoms with Crippen LogP contribution in [0.2, 0.25) is 0 Å². The van der Waals surface area contributed by atoms with Gasteiger partial charge < -0.3 is 26.0 Å². The Labute approximate surface area is 124 Å². The molecule has 0 bridgehead atoms. The predicted octanol–water partition coefficient (Wildman–Crippen LogP) is 0.202. The number of aliphatic carboxylic acids is 1. The molecule has 0 aromatic heterocycles. The van der Waals surface area contributed by atoms with Crippen LogP contribution in [-0.2, 0) is 4.79 Å². The number of rotatable bonds is 7. The second-order valence-electron chi connectivity index (χ2n) is 5.66. The van der Waals surface area contributed by atoms with Crippen LogP contribution in [0.3, 0.4) is 0 Å². The maximum atomic E-state index is 11.6. The lowest BCUT2D eigenvalue weighted by Crippen LogP contribution is -2.48. The number of amides is 4. The normalized spacial score (nSPS) is 15.5. The molecule has 0 spiro atoms. The average Bonchev–Trinajstić information content (AvgIpc) is 2.36. The van der Waals surface area contributed by atoms with Crippen LogP contribution in [0.1, 0.15) is 25.7 Å². The van der Waals surface area contributed by atoms with Crippen LogP contribution in [-0.4, -0.2) is 61.8 Å². The number of carbonyl (C=O) groups is 3. The van der Waals surface area contributed by atoms with Gasteiger partial charge in [-0.25, -0.2) is 9.59 Å². The first kappa shape index (κ1) is 17.1. The largest absolute Gasteiger partial charge is 0.481 e. The van der Waals surface area contributed by atoms with Gasteiger partial charge in [-0.1, -0.05) is 6.42 Å². The van der Waals surface area contributed by atoms with Gasteiger partial charge >= 0.3 is 18.0 Å². The molecule has 8 heteroatoms. The van der Waals surface area contributed by atoms with Crippen LogP contribution >= 0.6 is 0 Å². The van der Waals surface area contributed by atoms with Gasteiger partial charge in [0.05, 0.1) is 6.42 Å². The molecule has 1 aliphatic carbocycles. The monoisotopic (exact) mass is 300 g/mol. The minimum absolute atomic E-state index is 0.0895. The average molecular weight is 300 g/mol. The summed E-state index contributed by atoms with van der Waals surface area (Å²) in [7, 11) is 3.27. The Bertz CT molecular complexity index is 394. The summed E-state index contributed by atoms with van der Waals surface area (Å²) in [6.07, 6.45) is 2.76. The van der Waals surface area contributed by atoms with Crippen LogP contribution in [0.15, 0.2) is 0 Å². The van der Waals surface area contributed by atoms with Gasteiger partial charge in [0.2, 0.25) is 0 Å². The highest BCUT2D eigenvalue weighted by atomic mass is 16.4. The van der Waals surface area contributed by atoms with E-state index in [0.717, 1.165) is 19.3 Å². The molecule has 1 saturated carbocycles. The number of nitrogens with zero attached hydrogens (tertiary/aromatic N) is 1. The van der Waals surface area contributed by atoms with Crippen molar-refractivity contribution < 1.29 is 19.5 Å². The highest BCUT2D eigenvalue weighted by Crippen LogP contribution is 2.43. The number of carboxylic acids is 1. The second kappa shape index (κ2) is 7.70. The minimum Gasteiger partial charge on any atom is -0.481 e. The van der Waals surface area contributed by atoms with Gasteiger partial charge in [0.25, 0.3) is 0 Å². The number of carbonyl (C=O) groups excluding carboxylic acids is 2. The van der Waals surface area contributed by atoms with Gasteiger partial charge in [-0.05, 0) is 18.3 Å². The van der Waals surface area contributed by atoms with E-state index in [0.29, 0.717) is 19.6 Å². The van der Waals surface area contributed by atoms with Gasteiger partial charge in [-0.15, -0.1) is 0 Å².